The highest BCUT2D eigenvalue weighted by Gasteiger charge is 2.30. The second-order valence-electron chi connectivity index (χ2n) is 13.5. The van der Waals surface area contributed by atoms with E-state index in [9.17, 15) is 0 Å². The zero-order chi connectivity index (χ0) is 33.4. The van der Waals surface area contributed by atoms with Crippen molar-refractivity contribution in [3.8, 4) is 39.4 Å². The van der Waals surface area contributed by atoms with Gasteiger partial charge in [-0.1, -0.05) is 118 Å². The molecule has 49 heavy (non-hydrogen) atoms. The molecule has 8 rings (SSSR count). The maximum atomic E-state index is 6.48. The zero-order valence-corrected chi connectivity index (χ0v) is 28.0. The molecule has 2 heterocycles. The minimum atomic E-state index is 0.0213. The van der Waals surface area contributed by atoms with Gasteiger partial charge in [0.2, 0.25) is 0 Å². The van der Waals surface area contributed by atoms with Gasteiger partial charge in [0.05, 0.1) is 28.9 Å². The van der Waals surface area contributed by atoms with E-state index in [1.54, 1.807) is 0 Å². The molecular formula is C44H38N4O. The van der Waals surface area contributed by atoms with Gasteiger partial charge in [0.15, 0.2) is 0 Å². The van der Waals surface area contributed by atoms with E-state index >= 15 is 0 Å². The maximum Gasteiger partial charge on any atom is 0.129 e. The first-order chi connectivity index (χ1) is 23.9. The van der Waals surface area contributed by atoms with Crippen molar-refractivity contribution in [2.75, 3.05) is 16.5 Å². The Balaban J connectivity index is 1.10. The molecule has 0 saturated heterocycles. The summed E-state index contributed by atoms with van der Waals surface area (Å²) in [5, 5.41) is 4.62. The van der Waals surface area contributed by atoms with Crippen molar-refractivity contribution in [2.24, 2.45) is 0 Å². The van der Waals surface area contributed by atoms with Crippen LogP contribution in [-0.2, 0) is 5.41 Å². The molecule has 0 saturated carbocycles. The van der Waals surface area contributed by atoms with Crippen molar-refractivity contribution in [1.82, 2.24) is 9.78 Å². The van der Waals surface area contributed by atoms with Crippen molar-refractivity contribution in [2.45, 2.75) is 26.2 Å². The number of fused-ring (bicyclic) bond motifs is 1. The minimum Gasteiger partial charge on any atom is -0.457 e. The molecule has 1 aliphatic heterocycles. The number of aromatic nitrogens is 2. The number of hydrogen-bond donors (Lipinski definition) is 0. The van der Waals surface area contributed by atoms with Crippen LogP contribution >= 0.6 is 0 Å². The third-order valence-electron chi connectivity index (χ3n) is 9.12. The first-order valence-corrected chi connectivity index (χ1v) is 16.7. The predicted molar refractivity (Wildman–Crippen MR) is 202 cm³/mol. The van der Waals surface area contributed by atoms with Crippen molar-refractivity contribution in [1.29, 1.82) is 0 Å². The Labute approximate surface area is 288 Å². The lowest BCUT2D eigenvalue weighted by atomic mass is 9.85. The molecule has 5 nitrogen and oxygen atoms in total. The molecule has 0 atom stereocenters. The normalized spacial score (nSPS) is 12.6. The third kappa shape index (κ3) is 6.07. The first-order valence-electron chi connectivity index (χ1n) is 16.7. The topological polar surface area (TPSA) is 33.5 Å². The number of benzene rings is 6. The van der Waals surface area contributed by atoms with Crippen LogP contribution in [0, 0.1) is 0 Å². The van der Waals surface area contributed by atoms with E-state index in [1.807, 2.05) is 65.6 Å². The van der Waals surface area contributed by atoms with E-state index in [4.69, 9.17) is 4.74 Å². The van der Waals surface area contributed by atoms with E-state index in [-0.39, 0.29) is 5.41 Å². The first kappa shape index (κ1) is 30.3. The number of nitrogens with zero attached hydrogens (tertiary/aromatic N) is 4. The van der Waals surface area contributed by atoms with Crippen LogP contribution in [0.5, 0.6) is 11.5 Å². The average Bonchev–Trinajstić information content (AvgIpc) is 3.79. The van der Waals surface area contributed by atoms with E-state index in [2.05, 4.69) is 139 Å². The van der Waals surface area contributed by atoms with Gasteiger partial charge in [0.1, 0.15) is 18.2 Å². The monoisotopic (exact) mass is 638 g/mol. The minimum absolute atomic E-state index is 0.0213. The smallest absolute Gasteiger partial charge is 0.129 e. The van der Waals surface area contributed by atoms with Crippen LogP contribution in [0.2, 0.25) is 0 Å². The lowest BCUT2D eigenvalue weighted by Crippen LogP contribution is -2.25. The quantitative estimate of drug-likeness (QED) is 0.174. The molecule has 0 N–H and O–H groups in total. The fourth-order valence-electron chi connectivity index (χ4n) is 6.51. The maximum absolute atomic E-state index is 6.48. The second kappa shape index (κ2) is 12.5. The molecule has 1 aromatic heterocycles. The summed E-state index contributed by atoms with van der Waals surface area (Å²) >= 11 is 0. The number of rotatable bonds is 7. The average molecular weight is 639 g/mol. The molecule has 0 amide bonds. The van der Waals surface area contributed by atoms with Crippen LogP contribution in [0.25, 0.3) is 27.9 Å². The Kier molecular flexibility index (Phi) is 7.73. The number of ether oxygens (including phenoxy) is 1. The van der Waals surface area contributed by atoms with E-state index in [0.717, 1.165) is 39.7 Å². The standard InChI is InChI=1S/C44H38N4O/c1-44(2,3)35-24-25-40(33-16-8-5-9-17-33)43(26-35)47-31-46(41-22-10-11-23-42(41)47)36-18-12-20-38(27-36)49-39-21-13-19-37(28-39)48-30-34(29-45-48)32-14-6-4-7-15-32/h4-30H,31H2,1-3H3. The fraction of sp³-hybridized carbons (Fsp3) is 0.114. The van der Waals surface area contributed by atoms with Crippen LogP contribution in [-0.4, -0.2) is 16.4 Å². The van der Waals surface area contributed by atoms with Gasteiger partial charge in [-0.3, -0.25) is 0 Å². The fourth-order valence-corrected chi connectivity index (χ4v) is 6.51. The van der Waals surface area contributed by atoms with Gasteiger partial charge in [-0.2, -0.15) is 5.10 Å². The highest BCUT2D eigenvalue weighted by molar-refractivity contribution is 5.92. The van der Waals surface area contributed by atoms with Crippen LogP contribution in [0.3, 0.4) is 0 Å². The van der Waals surface area contributed by atoms with Crippen molar-refractivity contribution in [3.05, 3.63) is 170 Å². The highest BCUT2D eigenvalue weighted by atomic mass is 16.5. The summed E-state index contributed by atoms with van der Waals surface area (Å²) in [4.78, 5) is 4.81. The molecule has 6 aromatic carbocycles. The molecule has 0 unspecified atom stereocenters. The Morgan fingerprint density at radius 2 is 1.14 bits per heavy atom. The van der Waals surface area contributed by atoms with Crippen LogP contribution in [0.15, 0.2) is 164 Å². The Morgan fingerprint density at radius 1 is 0.531 bits per heavy atom. The van der Waals surface area contributed by atoms with E-state index in [1.165, 1.54) is 28.1 Å². The van der Waals surface area contributed by atoms with Gasteiger partial charge < -0.3 is 14.5 Å². The Hall–Kier alpha value is -6.07. The second-order valence-corrected chi connectivity index (χ2v) is 13.5. The van der Waals surface area contributed by atoms with Crippen molar-refractivity contribution < 1.29 is 4.74 Å². The van der Waals surface area contributed by atoms with E-state index < -0.39 is 0 Å². The molecule has 240 valence electrons. The number of para-hydroxylation sites is 2. The van der Waals surface area contributed by atoms with E-state index in [0.29, 0.717) is 6.67 Å². The molecule has 0 bridgehead atoms. The molecule has 1 aliphatic rings. The van der Waals surface area contributed by atoms with Gasteiger partial charge in [-0.15, -0.1) is 0 Å². The summed E-state index contributed by atoms with van der Waals surface area (Å²) in [6.45, 7) is 7.50. The lowest BCUT2D eigenvalue weighted by Gasteiger charge is -2.27. The highest BCUT2D eigenvalue weighted by Crippen LogP contribution is 2.48. The number of hydrogen-bond acceptors (Lipinski definition) is 4. The molecule has 0 fully saturated rings. The Bertz CT molecular complexity index is 2230. The van der Waals surface area contributed by atoms with Crippen molar-refractivity contribution >= 4 is 22.7 Å². The number of anilines is 4. The van der Waals surface area contributed by atoms with Crippen LogP contribution in [0.4, 0.5) is 22.7 Å². The van der Waals surface area contributed by atoms with Gasteiger partial charge >= 0.3 is 0 Å². The summed E-state index contributed by atoms with van der Waals surface area (Å²) in [7, 11) is 0. The van der Waals surface area contributed by atoms with Gasteiger partial charge in [-0.25, -0.2) is 4.68 Å². The molecule has 0 spiro atoms. The van der Waals surface area contributed by atoms with Crippen molar-refractivity contribution in [3.63, 3.8) is 0 Å². The predicted octanol–water partition coefficient (Wildman–Crippen LogP) is 11.5. The summed E-state index contributed by atoms with van der Waals surface area (Å²) < 4.78 is 8.37. The van der Waals surface area contributed by atoms with Gasteiger partial charge in [-0.05, 0) is 64.6 Å². The zero-order valence-electron chi connectivity index (χ0n) is 28.0. The van der Waals surface area contributed by atoms with Crippen LogP contribution < -0.4 is 14.5 Å². The largest absolute Gasteiger partial charge is 0.457 e. The molecule has 0 aliphatic carbocycles. The third-order valence-corrected chi connectivity index (χ3v) is 9.12. The Morgan fingerprint density at radius 3 is 1.84 bits per heavy atom. The molecule has 7 aromatic rings. The van der Waals surface area contributed by atoms with Gasteiger partial charge in [0, 0.05) is 35.1 Å². The van der Waals surface area contributed by atoms with Gasteiger partial charge in [0.25, 0.3) is 0 Å². The summed E-state index contributed by atoms with van der Waals surface area (Å²) in [5.41, 5.74) is 11.5. The summed E-state index contributed by atoms with van der Waals surface area (Å²) in [6.07, 6.45) is 3.94. The van der Waals surface area contributed by atoms with Crippen LogP contribution in [0.1, 0.15) is 26.3 Å². The summed E-state index contributed by atoms with van der Waals surface area (Å²) in [5.74, 6) is 1.53. The molecular weight excluding hydrogens is 601 g/mol. The lowest BCUT2D eigenvalue weighted by molar-refractivity contribution is 0.482. The SMILES string of the molecule is CC(C)(C)c1ccc(-c2ccccc2)c(N2CN(c3cccc(Oc4cccc(-n5cc(-c6ccccc6)cn5)c4)c3)c3ccccc32)c1. The molecule has 0 radical (unpaired) electrons. The summed E-state index contributed by atoms with van der Waals surface area (Å²) in [6, 6.07) is 53.0. The molecule has 5 heteroatoms.